The summed E-state index contributed by atoms with van der Waals surface area (Å²) in [4.78, 5) is 13.6. The van der Waals surface area contributed by atoms with Crippen molar-refractivity contribution >= 4 is 5.91 Å². The first-order chi connectivity index (χ1) is 9.37. The summed E-state index contributed by atoms with van der Waals surface area (Å²) in [6.07, 6.45) is -2.46. The van der Waals surface area contributed by atoms with Gasteiger partial charge in [-0.3, -0.25) is 10.1 Å². The summed E-state index contributed by atoms with van der Waals surface area (Å²) >= 11 is 0. The summed E-state index contributed by atoms with van der Waals surface area (Å²) in [6, 6.07) is 7.60. The molecule has 0 radical (unpaired) electrons. The van der Waals surface area contributed by atoms with Crippen molar-refractivity contribution in [2.75, 3.05) is 6.54 Å². The maximum Gasteiger partial charge on any atom is 0.255 e. The van der Waals surface area contributed by atoms with E-state index in [1.54, 1.807) is 6.92 Å². The lowest BCUT2D eigenvalue weighted by Crippen LogP contribution is -2.43. The average molecular weight is 282 g/mol. The molecule has 20 heavy (non-hydrogen) atoms. The van der Waals surface area contributed by atoms with Gasteiger partial charge in [-0.1, -0.05) is 36.8 Å². The third kappa shape index (κ3) is 2.68. The highest BCUT2D eigenvalue weighted by Gasteiger charge is 2.47. The van der Waals surface area contributed by atoms with E-state index in [0.717, 1.165) is 11.1 Å². The molecule has 2 unspecified atom stereocenters. The van der Waals surface area contributed by atoms with Gasteiger partial charge in [0.25, 0.3) is 6.43 Å². The van der Waals surface area contributed by atoms with E-state index < -0.39 is 24.7 Å². The van der Waals surface area contributed by atoms with Gasteiger partial charge >= 0.3 is 0 Å². The van der Waals surface area contributed by atoms with Gasteiger partial charge in [0.1, 0.15) is 6.17 Å². The van der Waals surface area contributed by atoms with Crippen molar-refractivity contribution in [2.24, 2.45) is 0 Å². The third-order valence-corrected chi connectivity index (χ3v) is 3.90. The van der Waals surface area contributed by atoms with E-state index in [0.29, 0.717) is 6.42 Å². The summed E-state index contributed by atoms with van der Waals surface area (Å²) in [5.41, 5.74) is 1.11. The summed E-state index contributed by atoms with van der Waals surface area (Å²) in [5, 5.41) is 3.21. The van der Waals surface area contributed by atoms with Crippen LogP contribution >= 0.6 is 0 Å². The van der Waals surface area contributed by atoms with Crippen molar-refractivity contribution in [2.45, 2.75) is 45.3 Å². The summed E-state index contributed by atoms with van der Waals surface area (Å²) in [6.45, 7) is 5.05. The molecule has 2 rings (SSSR count). The van der Waals surface area contributed by atoms with E-state index >= 15 is 0 Å². The minimum absolute atomic E-state index is 0.258. The van der Waals surface area contributed by atoms with Gasteiger partial charge < -0.3 is 4.90 Å². The van der Waals surface area contributed by atoms with Gasteiger partial charge in [-0.25, -0.2) is 8.78 Å². The Labute approximate surface area is 118 Å². The number of carbonyl (C=O) groups excluding carboxylic acids is 1. The highest BCUT2D eigenvalue weighted by Crippen LogP contribution is 2.33. The largest absolute Gasteiger partial charge is 0.316 e. The predicted octanol–water partition coefficient (Wildman–Crippen LogP) is 2.86. The Bertz CT molecular complexity index is 506. The molecule has 1 aromatic rings. The van der Waals surface area contributed by atoms with E-state index in [9.17, 15) is 13.6 Å². The van der Waals surface area contributed by atoms with Crippen molar-refractivity contribution in [3.8, 4) is 0 Å². The molecule has 110 valence electrons. The predicted molar refractivity (Wildman–Crippen MR) is 73.5 cm³/mol. The second-order valence-electron chi connectivity index (χ2n) is 5.50. The average Bonchev–Trinajstić information content (AvgIpc) is 2.64. The van der Waals surface area contributed by atoms with Gasteiger partial charge in [0.05, 0.1) is 12.1 Å². The number of nitrogens with one attached hydrogen (secondary N) is 1. The van der Waals surface area contributed by atoms with E-state index in [4.69, 9.17) is 0 Å². The molecular formula is C15H20F2N2O. The van der Waals surface area contributed by atoms with E-state index in [1.165, 1.54) is 4.90 Å². The van der Waals surface area contributed by atoms with Crippen molar-refractivity contribution in [3.63, 3.8) is 0 Å². The third-order valence-electron chi connectivity index (χ3n) is 3.90. The fraction of sp³-hybridized carbons (Fsp3) is 0.533. The fourth-order valence-corrected chi connectivity index (χ4v) is 2.57. The SMILES string of the molecule is CCC1(C)NC(c2cccc(C)c2)N(CC(F)F)C1=O. The highest BCUT2D eigenvalue weighted by atomic mass is 19.3. The summed E-state index contributed by atoms with van der Waals surface area (Å²) < 4.78 is 25.5. The molecule has 5 heteroatoms. The number of hydrogen-bond donors (Lipinski definition) is 1. The van der Waals surface area contributed by atoms with Gasteiger partial charge in [0.2, 0.25) is 5.91 Å². The van der Waals surface area contributed by atoms with E-state index in [-0.39, 0.29) is 5.91 Å². The molecule has 0 saturated carbocycles. The van der Waals surface area contributed by atoms with Crippen molar-refractivity contribution in [3.05, 3.63) is 35.4 Å². The number of amides is 1. The zero-order valence-electron chi connectivity index (χ0n) is 12.0. The lowest BCUT2D eigenvalue weighted by atomic mass is 9.99. The molecule has 1 aromatic carbocycles. The van der Waals surface area contributed by atoms with Crippen LogP contribution in [-0.4, -0.2) is 29.3 Å². The van der Waals surface area contributed by atoms with Gasteiger partial charge in [0, 0.05) is 0 Å². The number of nitrogens with zero attached hydrogens (tertiary/aromatic N) is 1. The maximum atomic E-state index is 12.8. The second kappa shape index (κ2) is 5.48. The summed E-state index contributed by atoms with van der Waals surface area (Å²) in [7, 11) is 0. The molecule has 1 fully saturated rings. The van der Waals surface area contributed by atoms with Crippen LogP contribution in [0.5, 0.6) is 0 Å². The first kappa shape index (κ1) is 14.9. The number of alkyl halides is 2. The standard InChI is InChI=1S/C15H20F2N2O/c1-4-15(3)14(20)19(9-12(16)17)13(18-15)11-7-5-6-10(2)8-11/h5-8,12-13,18H,4,9H2,1-3H3. The molecule has 1 heterocycles. The Morgan fingerprint density at radius 3 is 2.70 bits per heavy atom. The van der Waals surface area contributed by atoms with Crippen LogP contribution in [0.1, 0.15) is 37.6 Å². The minimum atomic E-state index is -2.53. The number of hydrogen-bond acceptors (Lipinski definition) is 2. The Morgan fingerprint density at radius 1 is 1.45 bits per heavy atom. The molecule has 1 saturated heterocycles. The topological polar surface area (TPSA) is 32.3 Å². The first-order valence-electron chi connectivity index (χ1n) is 6.81. The quantitative estimate of drug-likeness (QED) is 0.921. The second-order valence-corrected chi connectivity index (χ2v) is 5.50. The number of benzene rings is 1. The van der Waals surface area contributed by atoms with Crippen LogP contribution < -0.4 is 5.32 Å². The summed E-state index contributed by atoms with van der Waals surface area (Å²) in [5.74, 6) is -0.258. The molecule has 3 nitrogen and oxygen atoms in total. The van der Waals surface area contributed by atoms with Crippen molar-refractivity contribution < 1.29 is 13.6 Å². The Kier molecular flexibility index (Phi) is 4.09. The van der Waals surface area contributed by atoms with Crippen LogP contribution in [0.25, 0.3) is 0 Å². The molecular weight excluding hydrogens is 262 g/mol. The lowest BCUT2D eigenvalue weighted by molar-refractivity contribution is -0.134. The van der Waals surface area contributed by atoms with Crippen LogP contribution in [-0.2, 0) is 4.79 Å². The molecule has 0 aromatic heterocycles. The zero-order chi connectivity index (χ0) is 14.9. The van der Waals surface area contributed by atoms with Gasteiger partial charge in [0.15, 0.2) is 0 Å². The highest BCUT2D eigenvalue weighted by molar-refractivity contribution is 5.88. The fourth-order valence-electron chi connectivity index (χ4n) is 2.57. The van der Waals surface area contributed by atoms with Gasteiger partial charge in [-0.15, -0.1) is 0 Å². The molecule has 1 N–H and O–H groups in total. The molecule has 1 amide bonds. The van der Waals surface area contributed by atoms with Crippen molar-refractivity contribution in [1.82, 2.24) is 10.2 Å². The van der Waals surface area contributed by atoms with Crippen LogP contribution in [0, 0.1) is 6.92 Å². The van der Waals surface area contributed by atoms with E-state index in [2.05, 4.69) is 5.32 Å². The van der Waals surface area contributed by atoms with Crippen LogP contribution in [0.3, 0.4) is 0 Å². The molecule has 0 aliphatic carbocycles. The van der Waals surface area contributed by atoms with Crippen molar-refractivity contribution in [1.29, 1.82) is 0 Å². The zero-order valence-corrected chi connectivity index (χ0v) is 12.0. The lowest BCUT2D eigenvalue weighted by Gasteiger charge is -2.24. The van der Waals surface area contributed by atoms with Crippen LogP contribution in [0.15, 0.2) is 24.3 Å². The minimum Gasteiger partial charge on any atom is -0.316 e. The number of carbonyl (C=O) groups is 1. The maximum absolute atomic E-state index is 12.8. The molecule has 2 atom stereocenters. The van der Waals surface area contributed by atoms with Gasteiger partial charge in [-0.05, 0) is 25.8 Å². The molecule has 1 aliphatic rings. The van der Waals surface area contributed by atoms with Crippen LogP contribution in [0.4, 0.5) is 8.78 Å². The van der Waals surface area contributed by atoms with E-state index in [1.807, 2.05) is 38.1 Å². The number of halogens is 2. The number of aryl methyl sites for hydroxylation is 1. The molecule has 0 bridgehead atoms. The monoisotopic (exact) mass is 282 g/mol. The van der Waals surface area contributed by atoms with Gasteiger partial charge in [-0.2, -0.15) is 0 Å². The first-order valence-corrected chi connectivity index (χ1v) is 6.81. The molecule has 0 spiro atoms. The normalized spacial score (nSPS) is 26.6. The smallest absolute Gasteiger partial charge is 0.255 e. The Balaban J connectivity index is 2.36. The Morgan fingerprint density at radius 2 is 2.15 bits per heavy atom. The Hall–Kier alpha value is -1.49. The molecule has 1 aliphatic heterocycles. The number of rotatable bonds is 4. The van der Waals surface area contributed by atoms with Crippen LogP contribution in [0.2, 0.25) is 0 Å².